The van der Waals surface area contributed by atoms with Crippen molar-refractivity contribution < 1.29 is 9.47 Å². The summed E-state index contributed by atoms with van der Waals surface area (Å²) in [5, 5.41) is 12.1. The highest BCUT2D eigenvalue weighted by Gasteiger charge is 2.25. The van der Waals surface area contributed by atoms with Crippen LogP contribution in [0.5, 0.6) is 5.75 Å². The molecule has 1 aromatic heterocycles. The lowest BCUT2D eigenvalue weighted by Crippen LogP contribution is -2.40. The lowest BCUT2D eigenvalue weighted by atomic mass is 10.1. The van der Waals surface area contributed by atoms with Gasteiger partial charge in [0.1, 0.15) is 18.5 Å². The van der Waals surface area contributed by atoms with Gasteiger partial charge in [0.15, 0.2) is 0 Å². The number of para-hydroxylation sites is 1. The largest absolute Gasteiger partial charge is 0.492 e. The molecule has 3 rings (SSSR count). The minimum absolute atomic E-state index is 0.111. The highest BCUT2D eigenvalue weighted by Crippen LogP contribution is 2.20. The number of hydrogen-bond acceptors (Lipinski definition) is 6. The molecule has 7 nitrogen and oxygen atoms in total. The molecule has 7 heteroatoms. The molecular formula is C16H23N5O2. The van der Waals surface area contributed by atoms with Gasteiger partial charge in [-0.15, -0.1) is 10.2 Å². The van der Waals surface area contributed by atoms with Crippen molar-refractivity contribution in [1.29, 1.82) is 0 Å². The van der Waals surface area contributed by atoms with Gasteiger partial charge in [-0.25, -0.2) is 0 Å². The molecule has 0 aliphatic carbocycles. The molecule has 0 bridgehead atoms. The topological polar surface area (TPSA) is 65.3 Å². The third-order valence-corrected chi connectivity index (χ3v) is 3.98. The van der Waals surface area contributed by atoms with Crippen molar-refractivity contribution in [2.45, 2.75) is 19.4 Å². The van der Waals surface area contributed by atoms with Crippen LogP contribution in [0.4, 0.5) is 0 Å². The molecule has 1 atom stereocenters. The number of morpholine rings is 1. The van der Waals surface area contributed by atoms with Crippen molar-refractivity contribution in [2.75, 3.05) is 32.8 Å². The van der Waals surface area contributed by atoms with Crippen molar-refractivity contribution in [3.05, 3.63) is 35.7 Å². The van der Waals surface area contributed by atoms with E-state index in [9.17, 15) is 0 Å². The Bertz CT molecular complexity index is 630. The Labute approximate surface area is 136 Å². The maximum Gasteiger partial charge on any atom is 0.204 e. The highest BCUT2D eigenvalue weighted by atomic mass is 16.5. The molecule has 1 unspecified atom stereocenters. The maximum atomic E-state index is 5.95. The van der Waals surface area contributed by atoms with Gasteiger partial charge in [-0.1, -0.05) is 25.1 Å². The van der Waals surface area contributed by atoms with Crippen molar-refractivity contribution >= 4 is 0 Å². The minimum Gasteiger partial charge on any atom is -0.492 e. The predicted octanol–water partition coefficient (Wildman–Crippen LogP) is 1.22. The Morgan fingerprint density at radius 3 is 3.00 bits per heavy atom. The highest BCUT2D eigenvalue weighted by molar-refractivity contribution is 5.33. The summed E-state index contributed by atoms with van der Waals surface area (Å²) in [5.41, 5.74) is 1.25. The van der Waals surface area contributed by atoms with Crippen molar-refractivity contribution in [2.24, 2.45) is 7.05 Å². The van der Waals surface area contributed by atoms with E-state index in [4.69, 9.17) is 9.47 Å². The van der Waals surface area contributed by atoms with E-state index >= 15 is 0 Å². The van der Waals surface area contributed by atoms with Gasteiger partial charge in [-0.3, -0.25) is 4.90 Å². The van der Waals surface area contributed by atoms with Crippen molar-refractivity contribution in [1.82, 2.24) is 25.1 Å². The summed E-state index contributed by atoms with van der Waals surface area (Å²) in [6.45, 7) is 6.01. The van der Waals surface area contributed by atoms with Crippen LogP contribution in [0.15, 0.2) is 24.3 Å². The van der Waals surface area contributed by atoms with Crippen LogP contribution < -0.4 is 4.74 Å². The average molecular weight is 317 g/mol. The Hall–Kier alpha value is -1.99. The smallest absolute Gasteiger partial charge is 0.204 e. The van der Waals surface area contributed by atoms with E-state index in [1.54, 1.807) is 7.05 Å². The zero-order valence-corrected chi connectivity index (χ0v) is 13.7. The maximum absolute atomic E-state index is 5.95. The van der Waals surface area contributed by atoms with Crippen LogP contribution in [0.2, 0.25) is 0 Å². The summed E-state index contributed by atoms with van der Waals surface area (Å²) in [6.07, 6.45) is 0.870. The Morgan fingerprint density at radius 1 is 1.35 bits per heavy atom. The van der Waals surface area contributed by atoms with Crippen LogP contribution in [-0.2, 0) is 18.2 Å². The monoisotopic (exact) mass is 317 g/mol. The van der Waals surface area contributed by atoms with Crippen LogP contribution in [0.1, 0.15) is 24.4 Å². The van der Waals surface area contributed by atoms with Gasteiger partial charge in [0.2, 0.25) is 5.82 Å². The number of hydrogen-bond donors (Lipinski definition) is 0. The number of ether oxygens (including phenoxy) is 2. The van der Waals surface area contributed by atoms with Crippen LogP contribution in [0, 0.1) is 0 Å². The van der Waals surface area contributed by atoms with Crippen LogP contribution >= 0.6 is 0 Å². The number of aryl methyl sites for hydroxylation is 2. The lowest BCUT2D eigenvalue weighted by molar-refractivity contribution is -0.0372. The molecule has 0 N–H and O–H groups in total. The first-order valence-corrected chi connectivity index (χ1v) is 8.05. The first-order chi connectivity index (χ1) is 11.3. The molecule has 124 valence electrons. The van der Waals surface area contributed by atoms with Gasteiger partial charge < -0.3 is 9.47 Å². The summed E-state index contributed by atoms with van der Waals surface area (Å²) in [5.74, 6) is 1.63. The summed E-state index contributed by atoms with van der Waals surface area (Å²) < 4.78 is 11.7. The molecule has 1 aliphatic heterocycles. The first kappa shape index (κ1) is 15.9. The normalized spacial score (nSPS) is 19.0. The Balaban J connectivity index is 1.50. The fourth-order valence-corrected chi connectivity index (χ4v) is 2.71. The fraction of sp³-hybridized carbons (Fsp3) is 0.562. The molecule has 0 radical (unpaired) electrons. The van der Waals surface area contributed by atoms with Crippen molar-refractivity contribution in [3.63, 3.8) is 0 Å². The van der Waals surface area contributed by atoms with Crippen LogP contribution in [0.3, 0.4) is 0 Å². The Kier molecular flexibility index (Phi) is 5.19. The molecule has 2 aromatic rings. The summed E-state index contributed by atoms with van der Waals surface area (Å²) >= 11 is 0. The van der Waals surface area contributed by atoms with Crippen molar-refractivity contribution in [3.8, 4) is 5.75 Å². The van der Waals surface area contributed by atoms with E-state index in [-0.39, 0.29) is 6.10 Å². The van der Waals surface area contributed by atoms with E-state index in [1.165, 1.54) is 10.4 Å². The Morgan fingerprint density at radius 2 is 2.22 bits per heavy atom. The second-order valence-corrected chi connectivity index (χ2v) is 5.61. The van der Waals surface area contributed by atoms with Gasteiger partial charge in [0.25, 0.3) is 0 Å². The molecule has 1 aromatic carbocycles. The second kappa shape index (κ2) is 7.52. The molecule has 1 saturated heterocycles. The molecule has 0 saturated carbocycles. The molecule has 1 fully saturated rings. The molecule has 0 amide bonds. The van der Waals surface area contributed by atoms with Gasteiger partial charge in [-0.2, -0.15) is 4.80 Å². The SMILES string of the molecule is CCc1ccccc1OCCN1CCOC(c2nnn(C)n2)C1. The predicted molar refractivity (Wildman–Crippen MR) is 85.2 cm³/mol. The fourth-order valence-electron chi connectivity index (χ4n) is 2.71. The van der Waals surface area contributed by atoms with Gasteiger partial charge in [0, 0.05) is 19.6 Å². The first-order valence-electron chi connectivity index (χ1n) is 8.05. The van der Waals surface area contributed by atoms with E-state index < -0.39 is 0 Å². The van der Waals surface area contributed by atoms with Gasteiger partial charge >= 0.3 is 0 Å². The standard InChI is InChI=1S/C16H23N5O2/c1-3-13-6-4-5-7-14(13)22-10-8-21-9-11-23-15(12-21)16-17-19-20(2)18-16/h4-7,15H,3,8-12H2,1-2H3. The third-order valence-electron chi connectivity index (χ3n) is 3.98. The van der Waals surface area contributed by atoms with Gasteiger partial charge in [-0.05, 0) is 23.3 Å². The number of tetrazole rings is 1. The quantitative estimate of drug-likeness (QED) is 0.798. The minimum atomic E-state index is -0.111. The summed E-state index contributed by atoms with van der Waals surface area (Å²) in [4.78, 5) is 3.78. The van der Waals surface area contributed by atoms with Crippen LogP contribution in [-0.4, -0.2) is 58.0 Å². The van der Waals surface area contributed by atoms with Gasteiger partial charge in [0.05, 0.1) is 13.7 Å². The third kappa shape index (κ3) is 4.05. The van der Waals surface area contributed by atoms with E-state index in [0.717, 1.165) is 31.8 Å². The summed E-state index contributed by atoms with van der Waals surface area (Å²) in [6, 6.07) is 8.20. The molecular weight excluding hydrogens is 294 g/mol. The van der Waals surface area contributed by atoms with E-state index in [1.807, 2.05) is 18.2 Å². The molecule has 0 spiro atoms. The lowest BCUT2D eigenvalue weighted by Gasteiger charge is -2.31. The van der Waals surface area contributed by atoms with Crippen LogP contribution in [0.25, 0.3) is 0 Å². The molecule has 23 heavy (non-hydrogen) atoms. The number of nitrogens with zero attached hydrogens (tertiary/aromatic N) is 5. The number of aromatic nitrogens is 4. The summed E-state index contributed by atoms with van der Waals surface area (Å²) in [7, 11) is 1.76. The number of rotatable bonds is 6. The average Bonchev–Trinajstić information content (AvgIpc) is 3.02. The molecule has 2 heterocycles. The number of benzene rings is 1. The zero-order valence-electron chi connectivity index (χ0n) is 13.7. The zero-order chi connectivity index (χ0) is 16.1. The second-order valence-electron chi connectivity index (χ2n) is 5.61. The van der Waals surface area contributed by atoms with E-state index in [0.29, 0.717) is 19.0 Å². The van der Waals surface area contributed by atoms with E-state index in [2.05, 4.69) is 33.3 Å². The molecule has 1 aliphatic rings.